The van der Waals surface area contributed by atoms with E-state index in [9.17, 15) is 13.2 Å². The van der Waals surface area contributed by atoms with Crippen molar-refractivity contribution in [1.82, 2.24) is 19.4 Å². The van der Waals surface area contributed by atoms with E-state index in [1.54, 1.807) is 6.20 Å². The Morgan fingerprint density at radius 2 is 1.76 bits per heavy atom. The summed E-state index contributed by atoms with van der Waals surface area (Å²) >= 11 is 0. The van der Waals surface area contributed by atoms with Crippen LogP contribution in [0.3, 0.4) is 0 Å². The van der Waals surface area contributed by atoms with Gasteiger partial charge in [-0.05, 0) is 61.9 Å². The number of benzene rings is 2. The Morgan fingerprint density at radius 3 is 2.39 bits per heavy atom. The smallest absolute Gasteiger partial charge is 0.244 e. The highest BCUT2D eigenvalue weighted by Gasteiger charge is 2.40. The van der Waals surface area contributed by atoms with Crippen LogP contribution in [0.5, 0.6) is 0 Å². The molecule has 1 N–H and O–H groups in total. The molecule has 1 aromatic heterocycles. The molecule has 1 atom stereocenters. The van der Waals surface area contributed by atoms with E-state index in [2.05, 4.69) is 10.4 Å². The minimum absolute atomic E-state index is 0.251. The number of hydrogen-bond acceptors (Lipinski definition) is 4. The van der Waals surface area contributed by atoms with Crippen molar-refractivity contribution >= 4 is 15.9 Å². The van der Waals surface area contributed by atoms with Gasteiger partial charge in [-0.25, -0.2) is 8.42 Å². The number of carbonyl (C=O) groups is 1. The predicted molar refractivity (Wildman–Crippen MR) is 127 cm³/mol. The quantitative estimate of drug-likeness (QED) is 0.579. The monoisotopic (exact) mass is 466 g/mol. The van der Waals surface area contributed by atoms with Crippen molar-refractivity contribution < 1.29 is 13.2 Å². The normalized spacial score (nSPS) is 16.8. The molecule has 1 amide bonds. The van der Waals surface area contributed by atoms with Crippen molar-refractivity contribution in [3.63, 3.8) is 0 Å². The molecule has 8 heteroatoms. The molecule has 1 unspecified atom stereocenters. The molecule has 0 saturated carbocycles. The van der Waals surface area contributed by atoms with E-state index >= 15 is 0 Å². The zero-order valence-corrected chi connectivity index (χ0v) is 20.1. The van der Waals surface area contributed by atoms with Gasteiger partial charge in [0.25, 0.3) is 0 Å². The van der Waals surface area contributed by atoms with Crippen LogP contribution in [-0.4, -0.2) is 41.0 Å². The van der Waals surface area contributed by atoms with Gasteiger partial charge in [0.05, 0.1) is 11.4 Å². The van der Waals surface area contributed by atoms with Crippen LogP contribution >= 0.6 is 0 Å². The van der Waals surface area contributed by atoms with Crippen molar-refractivity contribution in [2.75, 3.05) is 6.54 Å². The van der Waals surface area contributed by atoms with Crippen molar-refractivity contribution in [1.29, 1.82) is 0 Å². The molecule has 2 heterocycles. The van der Waals surface area contributed by atoms with Gasteiger partial charge in [-0.1, -0.05) is 42.0 Å². The summed E-state index contributed by atoms with van der Waals surface area (Å²) in [6, 6.07) is 12.9. The van der Waals surface area contributed by atoms with Crippen molar-refractivity contribution in [3.05, 3.63) is 82.7 Å². The molecule has 4 rings (SSSR count). The Morgan fingerprint density at radius 1 is 1.09 bits per heavy atom. The summed E-state index contributed by atoms with van der Waals surface area (Å²) in [5.41, 5.74) is 4.54. The van der Waals surface area contributed by atoms with Crippen LogP contribution in [0.1, 0.15) is 40.7 Å². The maximum Gasteiger partial charge on any atom is 0.244 e. The first kappa shape index (κ1) is 23.2. The molecule has 1 fully saturated rings. The van der Waals surface area contributed by atoms with Crippen LogP contribution in [0.15, 0.2) is 59.8 Å². The summed E-state index contributed by atoms with van der Waals surface area (Å²) in [5, 5.41) is 7.14. The summed E-state index contributed by atoms with van der Waals surface area (Å²) in [5.74, 6) is -0.251. The van der Waals surface area contributed by atoms with Gasteiger partial charge in [-0.3, -0.25) is 9.48 Å². The van der Waals surface area contributed by atoms with E-state index in [-0.39, 0.29) is 5.91 Å². The lowest BCUT2D eigenvalue weighted by molar-refractivity contribution is -0.124. The molecule has 0 spiro atoms. The molecule has 0 bridgehead atoms. The highest BCUT2D eigenvalue weighted by molar-refractivity contribution is 7.89. The summed E-state index contributed by atoms with van der Waals surface area (Å²) in [6.45, 7) is 6.98. The molecular formula is C25H30N4O3S. The molecule has 33 heavy (non-hydrogen) atoms. The molecule has 1 saturated heterocycles. The number of aryl methyl sites for hydroxylation is 3. The maximum absolute atomic E-state index is 13.5. The number of hydrogen-bond donors (Lipinski definition) is 1. The average molecular weight is 467 g/mol. The van der Waals surface area contributed by atoms with E-state index in [0.717, 1.165) is 16.7 Å². The van der Waals surface area contributed by atoms with Gasteiger partial charge >= 0.3 is 0 Å². The number of carbonyl (C=O) groups excluding carboxylic acids is 1. The topological polar surface area (TPSA) is 84.3 Å². The second-order valence-corrected chi connectivity index (χ2v) is 10.6. The lowest BCUT2D eigenvalue weighted by Crippen LogP contribution is -2.45. The Kier molecular flexibility index (Phi) is 6.67. The third-order valence-corrected chi connectivity index (χ3v) is 8.29. The Balaban J connectivity index is 1.43. The fourth-order valence-corrected chi connectivity index (χ4v) is 6.70. The van der Waals surface area contributed by atoms with Gasteiger partial charge in [-0.15, -0.1) is 0 Å². The summed E-state index contributed by atoms with van der Waals surface area (Å²) in [6.07, 6.45) is 4.86. The minimum atomic E-state index is -3.76. The second kappa shape index (κ2) is 9.49. The second-order valence-electron chi connectivity index (χ2n) is 8.74. The van der Waals surface area contributed by atoms with Gasteiger partial charge in [0.1, 0.15) is 6.04 Å². The minimum Gasteiger partial charge on any atom is -0.351 e. The molecule has 7 nitrogen and oxygen atoms in total. The zero-order valence-electron chi connectivity index (χ0n) is 19.3. The highest BCUT2D eigenvalue weighted by Crippen LogP contribution is 2.30. The van der Waals surface area contributed by atoms with Crippen LogP contribution < -0.4 is 5.32 Å². The third-order valence-electron chi connectivity index (χ3n) is 6.07. The molecular weight excluding hydrogens is 436 g/mol. The first-order valence-corrected chi connectivity index (χ1v) is 12.6. The standard InChI is InChI=1S/C25H30N4O3S/c1-18-14-19(2)24(20(3)15-18)33(31,32)29-13-4-6-23(29)25(30)26-16-21-7-9-22(10-8-21)17-28-12-5-11-27-28/h5,7-12,14-15,23H,4,6,13,16-17H2,1-3H3,(H,26,30). The zero-order chi connectivity index (χ0) is 23.6. The van der Waals surface area contributed by atoms with Crippen molar-refractivity contribution in [2.45, 2.75) is 57.6 Å². The summed E-state index contributed by atoms with van der Waals surface area (Å²) < 4.78 is 30.2. The fourth-order valence-electron chi connectivity index (χ4n) is 4.63. The fraction of sp³-hybridized carbons (Fsp3) is 0.360. The average Bonchev–Trinajstić information content (AvgIpc) is 3.44. The van der Waals surface area contributed by atoms with E-state index < -0.39 is 16.1 Å². The number of nitrogens with zero attached hydrogens (tertiary/aromatic N) is 3. The number of amides is 1. The van der Waals surface area contributed by atoms with Gasteiger partial charge in [0.15, 0.2) is 0 Å². The molecule has 0 radical (unpaired) electrons. The highest BCUT2D eigenvalue weighted by atomic mass is 32.2. The van der Waals surface area contributed by atoms with Gasteiger partial charge in [-0.2, -0.15) is 9.40 Å². The molecule has 174 valence electrons. The van der Waals surface area contributed by atoms with Gasteiger partial charge in [0.2, 0.25) is 15.9 Å². The van der Waals surface area contributed by atoms with E-state index in [1.165, 1.54) is 4.31 Å². The van der Waals surface area contributed by atoms with Crippen LogP contribution in [0.2, 0.25) is 0 Å². The number of sulfonamides is 1. The van der Waals surface area contributed by atoms with Crippen molar-refractivity contribution in [2.24, 2.45) is 0 Å². The SMILES string of the molecule is Cc1cc(C)c(S(=O)(=O)N2CCCC2C(=O)NCc2ccc(Cn3cccn3)cc2)c(C)c1. The molecule has 1 aliphatic heterocycles. The first-order valence-electron chi connectivity index (χ1n) is 11.2. The summed E-state index contributed by atoms with van der Waals surface area (Å²) in [7, 11) is -3.76. The summed E-state index contributed by atoms with van der Waals surface area (Å²) in [4.78, 5) is 13.3. The maximum atomic E-state index is 13.5. The van der Waals surface area contributed by atoms with E-state index in [4.69, 9.17) is 0 Å². The molecule has 0 aliphatic carbocycles. The van der Waals surface area contributed by atoms with Crippen LogP contribution in [0, 0.1) is 20.8 Å². The Hall–Kier alpha value is -2.97. The number of rotatable bonds is 7. The molecule has 3 aromatic rings. The Labute approximate surface area is 195 Å². The number of aromatic nitrogens is 2. The molecule has 1 aliphatic rings. The third kappa shape index (κ3) is 5.02. The predicted octanol–water partition coefficient (Wildman–Crippen LogP) is 3.33. The lowest BCUT2D eigenvalue weighted by atomic mass is 10.1. The lowest BCUT2D eigenvalue weighted by Gasteiger charge is -2.25. The van der Waals surface area contributed by atoms with Crippen LogP contribution in [0.4, 0.5) is 0 Å². The number of nitrogens with one attached hydrogen (secondary N) is 1. The van der Waals surface area contributed by atoms with Gasteiger partial charge in [0, 0.05) is 25.5 Å². The van der Waals surface area contributed by atoms with E-state index in [0.29, 0.717) is 48.5 Å². The van der Waals surface area contributed by atoms with Gasteiger partial charge < -0.3 is 5.32 Å². The van der Waals surface area contributed by atoms with Crippen LogP contribution in [0.25, 0.3) is 0 Å². The first-order chi connectivity index (χ1) is 15.8. The molecule has 2 aromatic carbocycles. The van der Waals surface area contributed by atoms with Crippen molar-refractivity contribution in [3.8, 4) is 0 Å². The largest absolute Gasteiger partial charge is 0.351 e. The Bertz CT molecular complexity index is 1210. The van der Waals surface area contributed by atoms with Crippen LogP contribution in [-0.2, 0) is 27.9 Å². The van der Waals surface area contributed by atoms with E-state index in [1.807, 2.05) is 74.1 Å².